The summed E-state index contributed by atoms with van der Waals surface area (Å²) in [5.74, 6) is 0.442. The normalized spacial score (nSPS) is 11.2. The van der Waals surface area contributed by atoms with E-state index < -0.39 is 12.1 Å². The summed E-state index contributed by atoms with van der Waals surface area (Å²) in [5.41, 5.74) is 1.81. The average Bonchev–Trinajstić information content (AvgIpc) is 2.82. The van der Waals surface area contributed by atoms with Crippen LogP contribution >= 0.6 is 0 Å². The van der Waals surface area contributed by atoms with Gasteiger partial charge in [0.05, 0.1) is 6.54 Å². The summed E-state index contributed by atoms with van der Waals surface area (Å²) in [6, 6.07) is 27.5. The lowest BCUT2D eigenvalue weighted by molar-refractivity contribution is -0.123. The second-order valence-corrected chi connectivity index (χ2v) is 6.90. The SMILES string of the molecule is O=C(N[C@@H](Cc1ccccc1)C(=O)NCCOc1ccccc1)OCc1ccccc1. The number of amides is 2. The third-order valence-corrected chi connectivity index (χ3v) is 4.52. The Balaban J connectivity index is 1.52. The molecular formula is C25H26N2O4. The summed E-state index contributed by atoms with van der Waals surface area (Å²) < 4.78 is 10.9. The largest absolute Gasteiger partial charge is 0.492 e. The van der Waals surface area contributed by atoms with Crippen LogP contribution in [-0.2, 0) is 22.6 Å². The van der Waals surface area contributed by atoms with Crippen LogP contribution in [0.2, 0.25) is 0 Å². The van der Waals surface area contributed by atoms with Gasteiger partial charge in [0.1, 0.15) is 25.0 Å². The molecule has 160 valence electrons. The van der Waals surface area contributed by atoms with Crippen LogP contribution < -0.4 is 15.4 Å². The van der Waals surface area contributed by atoms with Crippen LogP contribution in [0.1, 0.15) is 11.1 Å². The molecule has 2 N–H and O–H groups in total. The zero-order chi connectivity index (χ0) is 21.7. The van der Waals surface area contributed by atoms with Crippen LogP contribution in [0.15, 0.2) is 91.0 Å². The molecule has 0 aliphatic carbocycles. The van der Waals surface area contributed by atoms with Gasteiger partial charge in [0.25, 0.3) is 0 Å². The van der Waals surface area contributed by atoms with Crippen molar-refractivity contribution in [1.29, 1.82) is 0 Å². The van der Waals surface area contributed by atoms with Crippen molar-refractivity contribution in [3.8, 4) is 5.75 Å². The van der Waals surface area contributed by atoms with Gasteiger partial charge < -0.3 is 20.1 Å². The van der Waals surface area contributed by atoms with Crippen molar-refractivity contribution < 1.29 is 19.1 Å². The van der Waals surface area contributed by atoms with E-state index in [4.69, 9.17) is 9.47 Å². The van der Waals surface area contributed by atoms with E-state index in [0.29, 0.717) is 19.6 Å². The maximum Gasteiger partial charge on any atom is 0.408 e. The van der Waals surface area contributed by atoms with Gasteiger partial charge in [0.15, 0.2) is 0 Å². The number of carbonyl (C=O) groups excluding carboxylic acids is 2. The second-order valence-electron chi connectivity index (χ2n) is 6.90. The van der Waals surface area contributed by atoms with Crippen LogP contribution in [0.4, 0.5) is 4.79 Å². The zero-order valence-electron chi connectivity index (χ0n) is 17.2. The molecule has 0 aliphatic rings. The van der Waals surface area contributed by atoms with Gasteiger partial charge in [-0.05, 0) is 23.3 Å². The third-order valence-electron chi connectivity index (χ3n) is 4.52. The highest BCUT2D eigenvalue weighted by molar-refractivity contribution is 5.85. The second kappa shape index (κ2) is 12.0. The lowest BCUT2D eigenvalue weighted by Crippen LogP contribution is -2.48. The highest BCUT2D eigenvalue weighted by Crippen LogP contribution is 2.08. The number of nitrogens with one attached hydrogen (secondary N) is 2. The van der Waals surface area contributed by atoms with Crippen LogP contribution in [0.25, 0.3) is 0 Å². The highest BCUT2D eigenvalue weighted by Gasteiger charge is 2.21. The Kier molecular flexibility index (Phi) is 8.49. The van der Waals surface area contributed by atoms with Gasteiger partial charge in [-0.1, -0.05) is 78.9 Å². The number of ether oxygens (including phenoxy) is 2. The van der Waals surface area contributed by atoms with E-state index in [-0.39, 0.29) is 12.5 Å². The van der Waals surface area contributed by atoms with Crippen LogP contribution in [0, 0.1) is 0 Å². The molecule has 1 atom stereocenters. The molecule has 0 saturated heterocycles. The van der Waals surface area contributed by atoms with E-state index in [1.807, 2.05) is 91.0 Å². The van der Waals surface area contributed by atoms with Crippen molar-refractivity contribution in [3.05, 3.63) is 102 Å². The molecule has 0 radical (unpaired) electrons. The van der Waals surface area contributed by atoms with Gasteiger partial charge in [-0.25, -0.2) is 4.79 Å². The number of para-hydroxylation sites is 1. The molecule has 0 fully saturated rings. The van der Waals surface area contributed by atoms with Gasteiger partial charge >= 0.3 is 6.09 Å². The number of hydrogen-bond donors (Lipinski definition) is 2. The molecule has 0 bridgehead atoms. The van der Waals surface area contributed by atoms with Crippen LogP contribution in [0.3, 0.4) is 0 Å². The summed E-state index contributed by atoms with van der Waals surface area (Å²) in [6.07, 6.45) is -0.285. The molecule has 0 spiro atoms. The zero-order valence-corrected chi connectivity index (χ0v) is 17.2. The molecule has 0 aromatic heterocycles. The Morgan fingerprint density at radius 3 is 2.00 bits per heavy atom. The minimum atomic E-state index is -0.762. The Hall–Kier alpha value is -3.80. The van der Waals surface area contributed by atoms with Crippen molar-refractivity contribution in [1.82, 2.24) is 10.6 Å². The molecule has 3 aromatic carbocycles. The van der Waals surface area contributed by atoms with Crippen molar-refractivity contribution >= 4 is 12.0 Å². The predicted molar refractivity (Wildman–Crippen MR) is 119 cm³/mol. The summed E-state index contributed by atoms with van der Waals surface area (Å²) in [7, 11) is 0. The third kappa shape index (κ3) is 7.85. The van der Waals surface area contributed by atoms with Crippen LogP contribution in [-0.4, -0.2) is 31.2 Å². The highest BCUT2D eigenvalue weighted by atomic mass is 16.5. The minimum absolute atomic E-state index is 0.136. The number of carbonyl (C=O) groups is 2. The smallest absolute Gasteiger partial charge is 0.408 e. The number of rotatable bonds is 10. The fourth-order valence-electron chi connectivity index (χ4n) is 2.95. The van der Waals surface area contributed by atoms with E-state index in [0.717, 1.165) is 16.9 Å². The van der Waals surface area contributed by atoms with Crippen LogP contribution in [0.5, 0.6) is 5.75 Å². The fourth-order valence-corrected chi connectivity index (χ4v) is 2.95. The van der Waals surface area contributed by atoms with Crippen molar-refractivity contribution in [2.45, 2.75) is 19.1 Å². The van der Waals surface area contributed by atoms with Gasteiger partial charge in [0, 0.05) is 6.42 Å². The number of benzene rings is 3. The minimum Gasteiger partial charge on any atom is -0.492 e. The van der Waals surface area contributed by atoms with Gasteiger partial charge in [0.2, 0.25) is 5.91 Å². The van der Waals surface area contributed by atoms with E-state index in [1.54, 1.807) is 0 Å². The summed E-state index contributed by atoms with van der Waals surface area (Å²) >= 11 is 0. The van der Waals surface area contributed by atoms with E-state index in [2.05, 4.69) is 10.6 Å². The molecule has 0 saturated carbocycles. The lowest BCUT2D eigenvalue weighted by Gasteiger charge is -2.19. The van der Waals surface area contributed by atoms with Gasteiger partial charge in [-0.15, -0.1) is 0 Å². The maximum absolute atomic E-state index is 12.7. The first-order chi connectivity index (χ1) is 15.2. The Morgan fingerprint density at radius 1 is 0.774 bits per heavy atom. The Bertz CT molecular complexity index is 934. The predicted octanol–water partition coefficient (Wildman–Crippen LogP) is 3.72. The van der Waals surface area contributed by atoms with Gasteiger partial charge in [-0.3, -0.25) is 4.79 Å². The summed E-state index contributed by atoms with van der Waals surface area (Å²) in [5, 5.41) is 5.50. The molecule has 6 nitrogen and oxygen atoms in total. The number of alkyl carbamates (subject to hydrolysis) is 1. The van der Waals surface area contributed by atoms with E-state index in [1.165, 1.54) is 0 Å². The molecule has 0 unspecified atom stereocenters. The molecule has 0 heterocycles. The van der Waals surface area contributed by atoms with Crippen molar-refractivity contribution in [2.24, 2.45) is 0 Å². The Morgan fingerprint density at radius 2 is 1.35 bits per heavy atom. The number of hydrogen-bond acceptors (Lipinski definition) is 4. The molecule has 3 aromatic rings. The van der Waals surface area contributed by atoms with E-state index >= 15 is 0 Å². The summed E-state index contributed by atoms with van der Waals surface area (Å²) in [6.45, 7) is 0.781. The lowest BCUT2D eigenvalue weighted by atomic mass is 10.1. The first-order valence-corrected chi connectivity index (χ1v) is 10.2. The summed E-state index contributed by atoms with van der Waals surface area (Å²) in [4.78, 5) is 25.0. The monoisotopic (exact) mass is 418 g/mol. The first-order valence-electron chi connectivity index (χ1n) is 10.2. The first kappa shape index (κ1) is 21.9. The average molecular weight is 418 g/mol. The van der Waals surface area contributed by atoms with Crippen molar-refractivity contribution in [3.63, 3.8) is 0 Å². The standard InChI is InChI=1S/C25H26N2O4/c28-24(26-16-17-30-22-14-8-3-9-15-22)23(18-20-10-4-1-5-11-20)27-25(29)31-19-21-12-6-2-7-13-21/h1-15,23H,16-19H2,(H,26,28)(H,27,29)/t23-/m0/s1. The molecule has 2 amide bonds. The maximum atomic E-state index is 12.7. The topological polar surface area (TPSA) is 76.7 Å². The van der Waals surface area contributed by atoms with Gasteiger partial charge in [-0.2, -0.15) is 0 Å². The van der Waals surface area contributed by atoms with Crippen molar-refractivity contribution in [2.75, 3.05) is 13.2 Å². The molecular weight excluding hydrogens is 392 g/mol. The molecule has 6 heteroatoms. The van der Waals surface area contributed by atoms with E-state index in [9.17, 15) is 9.59 Å². The molecule has 3 rings (SSSR count). The Labute approximate surface area is 182 Å². The molecule has 0 aliphatic heterocycles. The molecule has 31 heavy (non-hydrogen) atoms. The quantitative estimate of drug-likeness (QED) is 0.492. The fraction of sp³-hybridized carbons (Fsp3) is 0.200.